The fraction of sp³-hybridized carbons (Fsp3) is 0.0455. The van der Waals surface area contributed by atoms with Crippen molar-refractivity contribution >= 4 is 50.0 Å². The molecule has 164 valence electrons. The molecule has 0 aliphatic rings. The molecule has 2 aromatic carbocycles. The number of aromatic amines is 1. The van der Waals surface area contributed by atoms with Gasteiger partial charge in [-0.1, -0.05) is 52.7 Å². The van der Waals surface area contributed by atoms with Gasteiger partial charge in [0, 0.05) is 16.2 Å². The predicted molar refractivity (Wildman–Crippen MR) is 130 cm³/mol. The van der Waals surface area contributed by atoms with E-state index in [4.69, 9.17) is 23.2 Å². The third-order valence-corrected chi connectivity index (χ3v) is 6.38. The molecule has 5 aromatic rings. The molecule has 0 fully saturated rings. The molecule has 8 nitrogen and oxygen atoms in total. The molecule has 2 N–H and O–H groups in total. The monoisotopic (exact) mass is 496 g/mol. The Bertz CT molecular complexity index is 1550. The van der Waals surface area contributed by atoms with E-state index in [1.165, 1.54) is 11.3 Å². The number of hydrogen-bond donors (Lipinski definition) is 2. The molecule has 0 saturated carbocycles. The summed E-state index contributed by atoms with van der Waals surface area (Å²) in [5, 5.41) is 9.03. The number of halogens is 2. The number of hydrogen-bond acceptors (Lipinski definition) is 7. The molecule has 33 heavy (non-hydrogen) atoms. The van der Waals surface area contributed by atoms with Gasteiger partial charge >= 0.3 is 5.69 Å². The number of fused-ring (bicyclic) bond motifs is 1. The molecule has 0 amide bonds. The Kier molecular flexibility index (Phi) is 5.67. The Morgan fingerprint density at radius 1 is 1.06 bits per heavy atom. The number of pyridine rings is 1. The first-order valence-corrected chi connectivity index (χ1v) is 11.3. The van der Waals surface area contributed by atoms with E-state index in [1.807, 2.05) is 24.3 Å². The van der Waals surface area contributed by atoms with Crippen molar-refractivity contribution in [1.82, 2.24) is 24.7 Å². The number of anilines is 1. The molecule has 3 heterocycles. The average molecular weight is 497 g/mol. The molecular weight excluding hydrogens is 483 g/mol. The summed E-state index contributed by atoms with van der Waals surface area (Å²) in [4.78, 5) is 35.4. The summed E-state index contributed by atoms with van der Waals surface area (Å²) >= 11 is 14.2. The van der Waals surface area contributed by atoms with Gasteiger partial charge in [0.2, 0.25) is 0 Å². The van der Waals surface area contributed by atoms with Gasteiger partial charge in [0.25, 0.3) is 5.56 Å². The molecule has 0 bridgehead atoms. The van der Waals surface area contributed by atoms with Crippen LogP contribution in [0.1, 0.15) is 17.2 Å². The number of rotatable bonds is 5. The largest absolute Gasteiger partial charge is 0.350 e. The highest BCUT2D eigenvalue weighted by Gasteiger charge is 2.20. The molecule has 0 spiro atoms. The van der Waals surface area contributed by atoms with E-state index in [2.05, 4.69) is 25.4 Å². The van der Waals surface area contributed by atoms with E-state index in [0.717, 1.165) is 32.4 Å². The van der Waals surface area contributed by atoms with Gasteiger partial charge in [-0.3, -0.25) is 9.78 Å². The number of nitrogens with zero attached hydrogens (tertiary/aromatic N) is 4. The number of H-pyrrole nitrogens is 1. The Hall–Kier alpha value is -3.53. The maximum atomic E-state index is 12.1. The van der Waals surface area contributed by atoms with Crippen molar-refractivity contribution in [2.45, 2.75) is 6.04 Å². The van der Waals surface area contributed by atoms with Gasteiger partial charge in [0.1, 0.15) is 16.5 Å². The van der Waals surface area contributed by atoms with E-state index in [-0.39, 0.29) is 6.04 Å². The van der Waals surface area contributed by atoms with E-state index in [9.17, 15) is 9.59 Å². The topological polar surface area (TPSA) is 106 Å². The first kappa shape index (κ1) is 21.3. The summed E-state index contributed by atoms with van der Waals surface area (Å²) in [5.74, 6) is 0. The Balaban J connectivity index is 1.57. The molecule has 11 heteroatoms. The van der Waals surface area contributed by atoms with Crippen molar-refractivity contribution in [2.75, 3.05) is 5.32 Å². The van der Waals surface area contributed by atoms with Crippen LogP contribution in [-0.2, 0) is 0 Å². The lowest BCUT2D eigenvalue weighted by Gasteiger charge is -2.21. The van der Waals surface area contributed by atoms with Crippen molar-refractivity contribution in [1.29, 1.82) is 0 Å². The second kappa shape index (κ2) is 8.78. The van der Waals surface area contributed by atoms with Gasteiger partial charge in [-0.2, -0.15) is 9.78 Å². The molecule has 5 rings (SSSR count). The lowest BCUT2D eigenvalue weighted by atomic mass is 9.98. The van der Waals surface area contributed by atoms with Crippen LogP contribution in [0.4, 0.5) is 5.13 Å². The maximum Gasteiger partial charge on any atom is 0.349 e. The van der Waals surface area contributed by atoms with E-state index in [0.29, 0.717) is 20.9 Å². The SMILES string of the molecule is O=c1cnn(-c2ccc(C(Nc3nc4cccnc4s3)c3ccc(Cl)cc3)c(Cl)c2)c(=O)[nH]1. The lowest BCUT2D eigenvalue weighted by molar-refractivity contribution is 0.749. The van der Waals surface area contributed by atoms with Gasteiger partial charge in [-0.05, 0) is 47.5 Å². The molecular formula is C22H14Cl2N6O2S. The summed E-state index contributed by atoms with van der Waals surface area (Å²) in [6.07, 6.45) is 2.76. The number of benzene rings is 2. The van der Waals surface area contributed by atoms with Crippen LogP contribution in [0, 0.1) is 0 Å². The first-order valence-electron chi connectivity index (χ1n) is 9.70. The zero-order chi connectivity index (χ0) is 22.9. The molecule has 1 atom stereocenters. The molecule has 0 aliphatic carbocycles. The quantitative estimate of drug-likeness (QED) is 0.372. The van der Waals surface area contributed by atoms with Crippen LogP contribution < -0.4 is 16.6 Å². The summed E-state index contributed by atoms with van der Waals surface area (Å²) in [5.41, 5.74) is 1.67. The third-order valence-electron chi connectivity index (χ3n) is 4.89. The molecule has 0 radical (unpaired) electrons. The van der Waals surface area contributed by atoms with Crippen LogP contribution in [-0.4, -0.2) is 24.7 Å². The highest BCUT2D eigenvalue weighted by Crippen LogP contribution is 2.35. The van der Waals surface area contributed by atoms with Crippen LogP contribution in [0.3, 0.4) is 0 Å². The van der Waals surface area contributed by atoms with E-state index in [1.54, 1.807) is 36.5 Å². The first-order chi connectivity index (χ1) is 16.0. The normalized spacial score (nSPS) is 12.1. The smallest absolute Gasteiger partial charge is 0.349 e. The Labute approximate surface area is 200 Å². The minimum atomic E-state index is -0.652. The average Bonchev–Trinajstić information content (AvgIpc) is 3.21. The van der Waals surface area contributed by atoms with Crippen LogP contribution >= 0.6 is 34.5 Å². The zero-order valence-electron chi connectivity index (χ0n) is 16.7. The Morgan fingerprint density at radius 3 is 2.61 bits per heavy atom. The Morgan fingerprint density at radius 2 is 1.88 bits per heavy atom. The summed E-state index contributed by atoms with van der Waals surface area (Å²) < 4.78 is 1.07. The standard InChI is InChI=1S/C22H14Cl2N6O2S/c23-13-5-3-12(4-6-13)19(29-21-27-17-2-1-9-25-20(17)33-21)15-8-7-14(10-16(15)24)30-22(32)28-18(31)11-26-30/h1-11,19H,(H,27,29)(H,28,31,32). The van der Waals surface area contributed by atoms with Crippen LogP contribution in [0.15, 0.2) is 76.6 Å². The minimum Gasteiger partial charge on any atom is -0.350 e. The van der Waals surface area contributed by atoms with Crippen LogP contribution in [0.25, 0.3) is 16.0 Å². The van der Waals surface area contributed by atoms with Crippen LogP contribution in [0.2, 0.25) is 10.0 Å². The van der Waals surface area contributed by atoms with Gasteiger partial charge in [-0.15, -0.1) is 0 Å². The van der Waals surface area contributed by atoms with Crippen LogP contribution in [0.5, 0.6) is 0 Å². The van der Waals surface area contributed by atoms with E-state index >= 15 is 0 Å². The fourth-order valence-electron chi connectivity index (χ4n) is 3.37. The molecule has 0 saturated heterocycles. The second-order valence-corrected chi connectivity index (χ2v) is 8.85. The number of aromatic nitrogens is 5. The maximum absolute atomic E-state index is 12.1. The highest BCUT2D eigenvalue weighted by atomic mass is 35.5. The van der Waals surface area contributed by atoms with Gasteiger partial charge < -0.3 is 5.32 Å². The van der Waals surface area contributed by atoms with Gasteiger partial charge in [0.15, 0.2) is 5.13 Å². The summed E-state index contributed by atoms with van der Waals surface area (Å²) in [7, 11) is 0. The van der Waals surface area contributed by atoms with Gasteiger partial charge in [0.05, 0.1) is 11.7 Å². The number of thiazole rings is 1. The zero-order valence-corrected chi connectivity index (χ0v) is 19.0. The van der Waals surface area contributed by atoms with Crippen molar-refractivity contribution < 1.29 is 0 Å². The minimum absolute atomic E-state index is 0.357. The summed E-state index contributed by atoms with van der Waals surface area (Å²) in [6.45, 7) is 0. The third kappa shape index (κ3) is 4.38. The highest BCUT2D eigenvalue weighted by molar-refractivity contribution is 7.21. The number of nitrogens with one attached hydrogen (secondary N) is 2. The fourth-order valence-corrected chi connectivity index (χ4v) is 4.62. The van der Waals surface area contributed by atoms with Gasteiger partial charge in [-0.25, -0.2) is 14.8 Å². The van der Waals surface area contributed by atoms with Crippen molar-refractivity contribution in [3.63, 3.8) is 0 Å². The van der Waals surface area contributed by atoms with Crippen molar-refractivity contribution in [3.8, 4) is 5.69 Å². The van der Waals surface area contributed by atoms with Crippen molar-refractivity contribution in [3.05, 3.63) is 109 Å². The van der Waals surface area contributed by atoms with Crippen molar-refractivity contribution in [2.24, 2.45) is 0 Å². The summed E-state index contributed by atoms with van der Waals surface area (Å²) in [6, 6.07) is 15.9. The molecule has 3 aromatic heterocycles. The second-order valence-electron chi connectivity index (χ2n) is 7.03. The van der Waals surface area contributed by atoms with E-state index < -0.39 is 11.2 Å². The molecule has 1 unspecified atom stereocenters. The molecule has 0 aliphatic heterocycles. The predicted octanol–water partition coefficient (Wildman–Crippen LogP) is 4.43. The lowest BCUT2D eigenvalue weighted by Crippen LogP contribution is -2.30.